The number of amides is 1. The zero-order valence-electron chi connectivity index (χ0n) is 12.2. The largest absolute Gasteiger partial charge is 0.484 e. The van der Waals surface area contributed by atoms with Gasteiger partial charge >= 0.3 is 0 Å². The number of hydrogen-bond donors (Lipinski definition) is 2. The summed E-state index contributed by atoms with van der Waals surface area (Å²) >= 11 is 0. The van der Waals surface area contributed by atoms with Crippen molar-refractivity contribution in [2.24, 2.45) is 0 Å². The highest BCUT2D eigenvalue weighted by Gasteiger charge is 2.03. The predicted molar refractivity (Wildman–Crippen MR) is 83.2 cm³/mol. The normalized spacial score (nSPS) is 10.0. The molecule has 2 aromatic carbocycles. The van der Waals surface area contributed by atoms with E-state index in [0.717, 1.165) is 5.75 Å². The van der Waals surface area contributed by atoms with E-state index < -0.39 is 0 Å². The third-order valence-corrected chi connectivity index (χ3v) is 2.83. The Labute approximate surface area is 129 Å². The SMILES string of the molecule is O=C(COc1ccc(Oc2ccccc2)cc1)NCCCO. The molecule has 0 bridgehead atoms. The number of benzene rings is 2. The van der Waals surface area contributed by atoms with Gasteiger partial charge in [-0.1, -0.05) is 18.2 Å². The molecule has 2 N–H and O–H groups in total. The van der Waals surface area contributed by atoms with Crippen LogP contribution in [0.15, 0.2) is 54.6 Å². The predicted octanol–water partition coefficient (Wildman–Crippen LogP) is 2.36. The fourth-order valence-electron chi connectivity index (χ4n) is 1.74. The van der Waals surface area contributed by atoms with Gasteiger partial charge in [-0.2, -0.15) is 0 Å². The van der Waals surface area contributed by atoms with E-state index in [1.165, 1.54) is 0 Å². The van der Waals surface area contributed by atoms with Gasteiger partial charge in [0.05, 0.1) is 0 Å². The first kappa shape index (κ1) is 15.9. The van der Waals surface area contributed by atoms with Gasteiger partial charge in [-0.15, -0.1) is 0 Å². The van der Waals surface area contributed by atoms with Crippen LogP contribution in [0.5, 0.6) is 17.2 Å². The molecule has 1 amide bonds. The average molecular weight is 301 g/mol. The fraction of sp³-hybridized carbons (Fsp3) is 0.235. The second-order valence-electron chi connectivity index (χ2n) is 4.60. The van der Waals surface area contributed by atoms with E-state index in [1.807, 2.05) is 30.3 Å². The summed E-state index contributed by atoms with van der Waals surface area (Å²) in [5.74, 6) is 1.85. The van der Waals surface area contributed by atoms with Crippen LogP contribution in [0.3, 0.4) is 0 Å². The minimum absolute atomic E-state index is 0.0513. The molecule has 0 aliphatic heterocycles. The molecule has 0 aliphatic carbocycles. The van der Waals surface area contributed by atoms with Crippen molar-refractivity contribution in [1.29, 1.82) is 0 Å². The molecule has 2 aromatic rings. The van der Waals surface area contributed by atoms with Crippen molar-refractivity contribution >= 4 is 5.91 Å². The van der Waals surface area contributed by atoms with E-state index >= 15 is 0 Å². The highest BCUT2D eigenvalue weighted by atomic mass is 16.5. The third kappa shape index (κ3) is 5.46. The molecule has 0 saturated heterocycles. The maximum absolute atomic E-state index is 11.5. The van der Waals surface area contributed by atoms with Crippen molar-refractivity contribution in [2.45, 2.75) is 6.42 Å². The van der Waals surface area contributed by atoms with Crippen LogP contribution in [0.1, 0.15) is 6.42 Å². The van der Waals surface area contributed by atoms with Gasteiger partial charge in [-0.25, -0.2) is 0 Å². The van der Waals surface area contributed by atoms with Gasteiger partial charge in [0.15, 0.2) is 6.61 Å². The van der Waals surface area contributed by atoms with Crippen LogP contribution >= 0.6 is 0 Å². The Kier molecular flexibility index (Phi) is 6.26. The molecule has 0 atom stereocenters. The summed E-state index contributed by atoms with van der Waals surface area (Å²) < 4.78 is 11.0. The lowest BCUT2D eigenvalue weighted by atomic mass is 10.3. The van der Waals surface area contributed by atoms with Crippen LogP contribution in [0.4, 0.5) is 0 Å². The molecule has 2 rings (SSSR count). The molecule has 0 aliphatic rings. The zero-order chi connectivity index (χ0) is 15.6. The summed E-state index contributed by atoms with van der Waals surface area (Å²) in [7, 11) is 0. The van der Waals surface area contributed by atoms with E-state index in [2.05, 4.69) is 5.32 Å². The monoisotopic (exact) mass is 301 g/mol. The van der Waals surface area contributed by atoms with Gasteiger partial charge in [0.25, 0.3) is 5.91 Å². The molecule has 5 heteroatoms. The molecule has 5 nitrogen and oxygen atoms in total. The summed E-state index contributed by atoms with van der Waals surface area (Å²) in [5.41, 5.74) is 0. The van der Waals surface area contributed by atoms with Crippen molar-refractivity contribution in [2.75, 3.05) is 19.8 Å². The number of ether oxygens (including phenoxy) is 2. The van der Waals surface area contributed by atoms with E-state index in [-0.39, 0.29) is 19.1 Å². The van der Waals surface area contributed by atoms with Crippen LogP contribution in [0, 0.1) is 0 Å². The number of para-hydroxylation sites is 1. The summed E-state index contributed by atoms with van der Waals surface area (Å²) in [5, 5.41) is 11.3. The number of nitrogens with one attached hydrogen (secondary N) is 1. The summed E-state index contributed by atoms with van der Waals surface area (Å²) in [4.78, 5) is 11.5. The van der Waals surface area contributed by atoms with Crippen LogP contribution < -0.4 is 14.8 Å². The lowest BCUT2D eigenvalue weighted by Crippen LogP contribution is -2.30. The van der Waals surface area contributed by atoms with Crippen LogP contribution in [0.2, 0.25) is 0 Å². The van der Waals surface area contributed by atoms with E-state index in [9.17, 15) is 4.79 Å². The Morgan fingerprint density at radius 1 is 0.955 bits per heavy atom. The lowest BCUT2D eigenvalue weighted by molar-refractivity contribution is -0.123. The first-order chi connectivity index (χ1) is 10.8. The van der Waals surface area contributed by atoms with Crippen molar-refractivity contribution in [3.8, 4) is 17.2 Å². The molecule has 0 saturated carbocycles. The van der Waals surface area contributed by atoms with Crippen LogP contribution in [0.25, 0.3) is 0 Å². The van der Waals surface area contributed by atoms with Gasteiger partial charge in [-0.05, 0) is 42.8 Å². The smallest absolute Gasteiger partial charge is 0.257 e. The zero-order valence-corrected chi connectivity index (χ0v) is 12.2. The quantitative estimate of drug-likeness (QED) is 0.735. The minimum Gasteiger partial charge on any atom is -0.484 e. The first-order valence-corrected chi connectivity index (χ1v) is 7.11. The maximum Gasteiger partial charge on any atom is 0.257 e. The van der Waals surface area contributed by atoms with Gasteiger partial charge in [-0.3, -0.25) is 4.79 Å². The number of rotatable bonds is 8. The fourth-order valence-corrected chi connectivity index (χ4v) is 1.74. The molecule has 0 unspecified atom stereocenters. The number of carbonyl (C=O) groups excluding carboxylic acids is 1. The molecule has 0 fully saturated rings. The second-order valence-corrected chi connectivity index (χ2v) is 4.60. The topological polar surface area (TPSA) is 67.8 Å². The highest BCUT2D eigenvalue weighted by Crippen LogP contribution is 2.23. The van der Waals surface area contributed by atoms with Gasteiger partial charge in [0, 0.05) is 13.2 Å². The average Bonchev–Trinajstić information content (AvgIpc) is 2.55. The molecule has 22 heavy (non-hydrogen) atoms. The number of aliphatic hydroxyl groups is 1. The van der Waals surface area contributed by atoms with Crippen molar-refractivity contribution in [3.05, 3.63) is 54.6 Å². The molecule has 116 valence electrons. The van der Waals surface area contributed by atoms with Gasteiger partial charge in [0.2, 0.25) is 0 Å². The Balaban J connectivity index is 1.78. The molecule has 0 radical (unpaired) electrons. The highest BCUT2D eigenvalue weighted by molar-refractivity contribution is 5.77. The lowest BCUT2D eigenvalue weighted by Gasteiger charge is -2.08. The Morgan fingerprint density at radius 2 is 1.59 bits per heavy atom. The van der Waals surface area contributed by atoms with Crippen molar-refractivity contribution in [1.82, 2.24) is 5.32 Å². The Morgan fingerprint density at radius 3 is 2.27 bits per heavy atom. The number of hydrogen-bond acceptors (Lipinski definition) is 4. The summed E-state index contributed by atoms with van der Waals surface area (Å²) in [6.45, 7) is 0.455. The molecule has 0 spiro atoms. The van der Waals surface area contributed by atoms with Crippen molar-refractivity contribution in [3.63, 3.8) is 0 Å². The molecular formula is C17H19NO4. The number of aliphatic hydroxyl groups excluding tert-OH is 1. The summed E-state index contributed by atoms with van der Waals surface area (Å²) in [6, 6.07) is 16.6. The summed E-state index contributed by atoms with van der Waals surface area (Å²) in [6.07, 6.45) is 0.539. The third-order valence-electron chi connectivity index (χ3n) is 2.83. The molecule has 0 heterocycles. The van der Waals surface area contributed by atoms with Crippen LogP contribution in [-0.4, -0.2) is 30.8 Å². The van der Waals surface area contributed by atoms with E-state index in [4.69, 9.17) is 14.6 Å². The first-order valence-electron chi connectivity index (χ1n) is 7.11. The molecule has 0 aromatic heterocycles. The minimum atomic E-state index is -0.210. The van der Waals surface area contributed by atoms with Gasteiger partial charge in [0.1, 0.15) is 17.2 Å². The number of carbonyl (C=O) groups is 1. The molecular weight excluding hydrogens is 282 g/mol. The Hall–Kier alpha value is -2.53. The maximum atomic E-state index is 11.5. The standard InChI is InChI=1S/C17H19NO4/c19-12-4-11-18-17(20)13-21-14-7-9-16(10-8-14)22-15-5-2-1-3-6-15/h1-3,5-10,19H,4,11-13H2,(H,18,20). The Bertz CT molecular complexity index is 569. The van der Waals surface area contributed by atoms with Crippen molar-refractivity contribution < 1.29 is 19.4 Å². The van der Waals surface area contributed by atoms with E-state index in [0.29, 0.717) is 24.5 Å². The van der Waals surface area contributed by atoms with Crippen LogP contribution in [-0.2, 0) is 4.79 Å². The van der Waals surface area contributed by atoms with E-state index in [1.54, 1.807) is 24.3 Å². The second kappa shape index (κ2) is 8.69. The van der Waals surface area contributed by atoms with Gasteiger partial charge < -0.3 is 19.9 Å².